The van der Waals surface area contributed by atoms with Crippen LogP contribution in [0.15, 0.2) is 59.4 Å². The van der Waals surface area contributed by atoms with Crippen molar-refractivity contribution < 1.29 is 0 Å². The highest BCUT2D eigenvalue weighted by atomic mass is 16.1. The number of benzene rings is 2. The Balaban J connectivity index is 1.95. The molecule has 1 aliphatic rings. The minimum atomic E-state index is 0.0688. The quantitative estimate of drug-likeness (QED) is 0.684. The third-order valence-corrected chi connectivity index (χ3v) is 4.12. The molecule has 0 radical (unpaired) electrons. The van der Waals surface area contributed by atoms with Gasteiger partial charge in [0.05, 0.1) is 10.9 Å². The van der Waals surface area contributed by atoms with Crippen molar-refractivity contribution in [3.05, 3.63) is 76.3 Å². The third kappa shape index (κ3) is 2.15. The Morgan fingerprint density at radius 1 is 1.00 bits per heavy atom. The first-order valence-electron chi connectivity index (χ1n) is 7.58. The van der Waals surface area contributed by atoms with Gasteiger partial charge in [0.2, 0.25) is 0 Å². The van der Waals surface area contributed by atoms with Crippen molar-refractivity contribution in [2.75, 3.05) is 0 Å². The predicted octanol–water partition coefficient (Wildman–Crippen LogP) is 3.73. The molecule has 0 unspecified atom stereocenters. The zero-order chi connectivity index (χ0) is 14.9. The van der Waals surface area contributed by atoms with Gasteiger partial charge < -0.3 is 0 Å². The summed E-state index contributed by atoms with van der Waals surface area (Å²) in [5, 5.41) is 0.701. The van der Waals surface area contributed by atoms with Gasteiger partial charge >= 0.3 is 0 Å². The van der Waals surface area contributed by atoms with Crippen molar-refractivity contribution in [1.82, 2.24) is 9.55 Å². The average molecular weight is 288 g/mol. The van der Waals surface area contributed by atoms with Crippen LogP contribution in [-0.4, -0.2) is 9.55 Å². The molecule has 0 N–H and O–H groups in total. The molecule has 0 aliphatic carbocycles. The molecule has 0 saturated heterocycles. The topological polar surface area (TPSA) is 34.9 Å². The summed E-state index contributed by atoms with van der Waals surface area (Å²) in [5.41, 5.74) is 3.13. The maximum Gasteiger partial charge on any atom is 0.261 e. The second kappa shape index (κ2) is 5.26. The first kappa shape index (κ1) is 13.0. The number of rotatable bonds is 1. The van der Waals surface area contributed by atoms with Crippen molar-refractivity contribution >= 4 is 22.6 Å². The molecule has 4 rings (SSSR count). The fourth-order valence-electron chi connectivity index (χ4n) is 3.05. The van der Waals surface area contributed by atoms with Crippen LogP contribution in [0, 0.1) is 0 Å². The second-order valence-electron chi connectivity index (χ2n) is 5.59. The molecule has 1 aliphatic heterocycles. The zero-order valence-corrected chi connectivity index (χ0v) is 12.2. The van der Waals surface area contributed by atoms with E-state index < -0.39 is 0 Å². The van der Waals surface area contributed by atoms with Crippen LogP contribution in [0.5, 0.6) is 0 Å². The normalized spacial score (nSPS) is 15.9. The van der Waals surface area contributed by atoms with Crippen LogP contribution < -0.4 is 5.56 Å². The maximum absolute atomic E-state index is 12.7. The largest absolute Gasteiger partial charge is 0.292 e. The highest BCUT2D eigenvalue weighted by Crippen LogP contribution is 2.26. The van der Waals surface area contributed by atoms with Gasteiger partial charge in [-0.3, -0.25) is 9.36 Å². The summed E-state index contributed by atoms with van der Waals surface area (Å²) in [6.07, 6.45) is 4.08. The molecule has 0 spiro atoms. The highest BCUT2D eigenvalue weighted by molar-refractivity contribution is 5.83. The van der Waals surface area contributed by atoms with Crippen LogP contribution in [-0.2, 0) is 6.54 Å². The Morgan fingerprint density at radius 3 is 2.64 bits per heavy atom. The van der Waals surface area contributed by atoms with Gasteiger partial charge in [-0.2, -0.15) is 0 Å². The van der Waals surface area contributed by atoms with E-state index >= 15 is 0 Å². The summed E-state index contributed by atoms with van der Waals surface area (Å²) in [4.78, 5) is 17.4. The minimum absolute atomic E-state index is 0.0688. The van der Waals surface area contributed by atoms with Crippen LogP contribution in [0.4, 0.5) is 0 Å². The Labute approximate surface area is 128 Å². The van der Waals surface area contributed by atoms with E-state index in [1.807, 2.05) is 47.0 Å². The summed E-state index contributed by atoms with van der Waals surface area (Å²) in [6, 6.07) is 17.8. The monoisotopic (exact) mass is 288 g/mol. The molecule has 3 aromatic rings. The molecule has 3 nitrogen and oxygen atoms in total. The van der Waals surface area contributed by atoms with Crippen LogP contribution in [0.1, 0.15) is 24.2 Å². The number of hydrogen-bond donors (Lipinski definition) is 0. The van der Waals surface area contributed by atoms with Gasteiger partial charge in [0.25, 0.3) is 5.56 Å². The standard InChI is InChI=1S/C19H16N2O/c22-19-16-10-4-5-11-17(16)20-18-15(9-6-12-21(18)19)13-14-7-2-1-3-8-14/h1-5,7-8,10-11,13H,6,9,12H2/b15-13+. The van der Waals surface area contributed by atoms with Crippen LogP contribution in [0.25, 0.3) is 22.6 Å². The lowest BCUT2D eigenvalue weighted by atomic mass is 10.0. The van der Waals surface area contributed by atoms with Crippen molar-refractivity contribution in [3.63, 3.8) is 0 Å². The van der Waals surface area contributed by atoms with Crippen LogP contribution >= 0.6 is 0 Å². The summed E-state index contributed by atoms with van der Waals surface area (Å²) >= 11 is 0. The van der Waals surface area contributed by atoms with E-state index in [0.717, 1.165) is 41.9 Å². The Kier molecular flexibility index (Phi) is 3.11. The number of nitrogens with zero attached hydrogens (tertiary/aromatic N) is 2. The number of fused-ring (bicyclic) bond motifs is 2. The molecule has 22 heavy (non-hydrogen) atoms. The lowest BCUT2D eigenvalue weighted by Gasteiger charge is -2.20. The Hall–Kier alpha value is -2.68. The summed E-state index contributed by atoms with van der Waals surface area (Å²) in [6.45, 7) is 0.748. The van der Waals surface area contributed by atoms with E-state index in [4.69, 9.17) is 4.98 Å². The molecule has 3 heteroatoms. The molecule has 2 heterocycles. The smallest absolute Gasteiger partial charge is 0.261 e. The molecule has 0 amide bonds. The van der Waals surface area contributed by atoms with Gasteiger partial charge in [-0.15, -0.1) is 0 Å². The molecule has 0 bridgehead atoms. The number of aromatic nitrogens is 2. The summed E-state index contributed by atoms with van der Waals surface area (Å²) in [5.74, 6) is 0.818. The van der Waals surface area contributed by atoms with Gasteiger partial charge in [-0.05, 0) is 42.2 Å². The van der Waals surface area contributed by atoms with E-state index in [1.54, 1.807) is 0 Å². The number of para-hydroxylation sites is 1. The fourth-order valence-corrected chi connectivity index (χ4v) is 3.05. The number of hydrogen-bond acceptors (Lipinski definition) is 2. The maximum atomic E-state index is 12.7. The SMILES string of the molecule is O=c1c2ccccc2nc2n1CCC/C2=C\c1ccccc1. The van der Waals surface area contributed by atoms with E-state index in [1.165, 1.54) is 0 Å². The molecule has 0 atom stereocenters. The van der Waals surface area contributed by atoms with E-state index in [9.17, 15) is 4.79 Å². The molecular weight excluding hydrogens is 272 g/mol. The molecular formula is C19H16N2O. The van der Waals surface area contributed by atoms with Gasteiger partial charge in [0.15, 0.2) is 0 Å². The molecule has 0 fully saturated rings. The fraction of sp³-hybridized carbons (Fsp3) is 0.158. The number of allylic oxidation sites excluding steroid dienone is 1. The Bertz CT molecular complexity index is 923. The van der Waals surface area contributed by atoms with Crippen molar-refractivity contribution in [1.29, 1.82) is 0 Å². The van der Waals surface area contributed by atoms with E-state index in [2.05, 4.69) is 18.2 Å². The summed E-state index contributed by atoms with van der Waals surface area (Å²) < 4.78 is 1.82. The van der Waals surface area contributed by atoms with Crippen molar-refractivity contribution in [3.8, 4) is 0 Å². The molecule has 0 saturated carbocycles. The Morgan fingerprint density at radius 2 is 1.77 bits per heavy atom. The summed E-state index contributed by atoms with van der Waals surface area (Å²) in [7, 11) is 0. The third-order valence-electron chi connectivity index (χ3n) is 4.12. The lowest BCUT2D eigenvalue weighted by Crippen LogP contribution is -2.27. The van der Waals surface area contributed by atoms with Gasteiger partial charge in [-0.25, -0.2) is 4.98 Å². The zero-order valence-electron chi connectivity index (χ0n) is 12.2. The lowest BCUT2D eigenvalue weighted by molar-refractivity contribution is 0.587. The second-order valence-corrected chi connectivity index (χ2v) is 5.59. The minimum Gasteiger partial charge on any atom is -0.292 e. The van der Waals surface area contributed by atoms with Gasteiger partial charge in [0, 0.05) is 6.54 Å². The molecule has 2 aromatic carbocycles. The predicted molar refractivity (Wildman–Crippen MR) is 89.6 cm³/mol. The molecule has 108 valence electrons. The van der Waals surface area contributed by atoms with Crippen molar-refractivity contribution in [2.45, 2.75) is 19.4 Å². The first-order chi connectivity index (χ1) is 10.8. The van der Waals surface area contributed by atoms with Crippen LogP contribution in [0.3, 0.4) is 0 Å². The van der Waals surface area contributed by atoms with E-state index in [-0.39, 0.29) is 5.56 Å². The van der Waals surface area contributed by atoms with Gasteiger partial charge in [-0.1, -0.05) is 42.5 Å². The highest BCUT2D eigenvalue weighted by Gasteiger charge is 2.18. The average Bonchev–Trinajstić information content (AvgIpc) is 2.57. The van der Waals surface area contributed by atoms with E-state index in [0.29, 0.717) is 5.39 Å². The van der Waals surface area contributed by atoms with Crippen LogP contribution in [0.2, 0.25) is 0 Å². The van der Waals surface area contributed by atoms with Crippen molar-refractivity contribution in [2.24, 2.45) is 0 Å². The molecule has 1 aromatic heterocycles. The first-order valence-corrected chi connectivity index (χ1v) is 7.58. The van der Waals surface area contributed by atoms with Gasteiger partial charge in [0.1, 0.15) is 5.82 Å².